The van der Waals surface area contributed by atoms with E-state index in [9.17, 15) is 15.3 Å². The van der Waals surface area contributed by atoms with Crippen LogP contribution in [0.4, 0.5) is 0 Å². The molecular weight excluding hydrogens is 300 g/mol. The van der Waals surface area contributed by atoms with Crippen LogP contribution in [0.2, 0.25) is 0 Å². The minimum atomic E-state index is -0.185. The van der Waals surface area contributed by atoms with Crippen LogP contribution in [0.1, 0.15) is 70.9 Å². The summed E-state index contributed by atoms with van der Waals surface area (Å²) < 4.78 is 0. The van der Waals surface area contributed by atoms with Gasteiger partial charge in [0.2, 0.25) is 0 Å². The van der Waals surface area contributed by atoms with Gasteiger partial charge < -0.3 is 15.3 Å². The Bertz CT molecular complexity index is 594. The monoisotopic (exact) mass is 332 g/mol. The van der Waals surface area contributed by atoms with E-state index in [1.54, 1.807) is 6.07 Å². The Morgan fingerprint density at radius 1 is 1.00 bits per heavy atom. The molecule has 0 aliphatic heterocycles. The van der Waals surface area contributed by atoms with Crippen molar-refractivity contribution in [3.8, 4) is 17.2 Å². The van der Waals surface area contributed by atoms with E-state index in [0.717, 1.165) is 32.1 Å². The van der Waals surface area contributed by atoms with Crippen LogP contribution in [0.5, 0.6) is 17.2 Å². The minimum absolute atomic E-state index is 0.0603. The smallest absolute Gasteiger partial charge is 0.165 e. The number of phenols is 3. The van der Waals surface area contributed by atoms with E-state index in [1.807, 2.05) is 13.0 Å². The normalized spacial score (nSPS) is 11.6. The van der Waals surface area contributed by atoms with Crippen LogP contribution in [0, 0.1) is 0 Å². The number of rotatable bonds is 9. The highest BCUT2D eigenvalue weighted by atomic mass is 16.3. The predicted molar refractivity (Wildman–Crippen MR) is 101 cm³/mol. The fraction of sp³-hybridized carbons (Fsp3) is 0.524. The molecule has 0 aromatic heterocycles. The van der Waals surface area contributed by atoms with E-state index in [1.165, 1.54) is 11.1 Å². The van der Waals surface area contributed by atoms with Crippen LogP contribution < -0.4 is 0 Å². The molecule has 0 heterocycles. The SMILES string of the molecule is CCCCCc1cc(O)c(C/C=C(\C)CCC=C(C)C)c(O)c1O. The molecule has 0 atom stereocenters. The molecule has 3 N–H and O–H groups in total. The molecule has 1 aromatic rings. The van der Waals surface area contributed by atoms with E-state index in [-0.39, 0.29) is 17.2 Å². The summed E-state index contributed by atoms with van der Waals surface area (Å²) in [5, 5.41) is 30.6. The Labute approximate surface area is 146 Å². The van der Waals surface area contributed by atoms with Crippen molar-refractivity contribution in [2.24, 2.45) is 0 Å². The molecule has 134 valence electrons. The van der Waals surface area contributed by atoms with Crippen LogP contribution >= 0.6 is 0 Å². The Hall–Kier alpha value is -1.90. The first-order chi connectivity index (χ1) is 11.4. The van der Waals surface area contributed by atoms with Gasteiger partial charge in [-0.2, -0.15) is 0 Å². The highest BCUT2D eigenvalue weighted by molar-refractivity contribution is 5.57. The summed E-state index contributed by atoms with van der Waals surface area (Å²) in [7, 11) is 0. The van der Waals surface area contributed by atoms with Crippen LogP contribution in [0.3, 0.4) is 0 Å². The topological polar surface area (TPSA) is 60.7 Å². The van der Waals surface area contributed by atoms with Crippen LogP contribution in [-0.4, -0.2) is 15.3 Å². The first-order valence-corrected chi connectivity index (χ1v) is 8.91. The third-order valence-corrected chi connectivity index (χ3v) is 4.23. The number of allylic oxidation sites excluding steroid dienone is 4. The van der Waals surface area contributed by atoms with Crippen molar-refractivity contribution in [2.45, 2.75) is 72.6 Å². The van der Waals surface area contributed by atoms with E-state index in [0.29, 0.717) is 24.0 Å². The van der Waals surface area contributed by atoms with E-state index >= 15 is 0 Å². The highest BCUT2D eigenvalue weighted by Gasteiger charge is 2.16. The molecular formula is C21H32O3. The van der Waals surface area contributed by atoms with Crippen LogP contribution in [-0.2, 0) is 12.8 Å². The van der Waals surface area contributed by atoms with Crippen molar-refractivity contribution in [1.29, 1.82) is 0 Å². The second-order valence-corrected chi connectivity index (χ2v) is 6.76. The third-order valence-electron chi connectivity index (χ3n) is 4.23. The molecule has 0 bridgehead atoms. The zero-order chi connectivity index (χ0) is 18.1. The van der Waals surface area contributed by atoms with Crippen molar-refractivity contribution in [1.82, 2.24) is 0 Å². The van der Waals surface area contributed by atoms with Crippen molar-refractivity contribution in [3.63, 3.8) is 0 Å². The summed E-state index contributed by atoms with van der Waals surface area (Å²) in [6.07, 6.45) is 10.3. The number of hydrogen-bond donors (Lipinski definition) is 3. The summed E-state index contributed by atoms with van der Waals surface area (Å²) in [6, 6.07) is 1.59. The quantitative estimate of drug-likeness (QED) is 0.233. The maximum Gasteiger partial charge on any atom is 0.165 e. The summed E-state index contributed by atoms with van der Waals surface area (Å²) in [5.41, 5.74) is 3.53. The van der Waals surface area contributed by atoms with Crippen molar-refractivity contribution >= 4 is 0 Å². The molecule has 0 saturated heterocycles. The largest absolute Gasteiger partial charge is 0.508 e. The third kappa shape index (κ3) is 6.31. The molecule has 24 heavy (non-hydrogen) atoms. The number of hydrogen-bond acceptors (Lipinski definition) is 3. The highest BCUT2D eigenvalue weighted by Crippen LogP contribution is 2.40. The first-order valence-electron chi connectivity index (χ1n) is 8.91. The molecule has 3 heteroatoms. The van der Waals surface area contributed by atoms with Gasteiger partial charge in [0.05, 0.1) is 0 Å². The van der Waals surface area contributed by atoms with E-state index in [4.69, 9.17) is 0 Å². The fourth-order valence-electron chi connectivity index (χ4n) is 2.66. The van der Waals surface area contributed by atoms with Crippen molar-refractivity contribution < 1.29 is 15.3 Å². The van der Waals surface area contributed by atoms with Gasteiger partial charge >= 0.3 is 0 Å². The fourth-order valence-corrected chi connectivity index (χ4v) is 2.66. The number of unbranched alkanes of at least 4 members (excludes halogenated alkanes) is 2. The lowest BCUT2D eigenvalue weighted by atomic mass is 9.99. The minimum Gasteiger partial charge on any atom is -0.508 e. The molecule has 1 aromatic carbocycles. The molecule has 0 spiro atoms. The summed E-state index contributed by atoms with van der Waals surface area (Å²) in [4.78, 5) is 0. The molecule has 3 nitrogen and oxygen atoms in total. The van der Waals surface area contributed by atoms with Gasteiger partial charge in [0, 0.05) is 11.1 Å². The summed E-state index contributed by atoms with van der Waals surface area (Å²) in [6.45, 7) is 8.33. The van der Waals surface area contributed by atoms with Crippen LogP contribution in [0.15, 0.2) is 29.4 Å². The molecule has 0 fully saturated rings. The predicted octanol–water partition coefficient (Wildman–Crippen LogP) is 5.77. The standard InChI is InChI=1S/C21H32O3/c1-5-6-7-11-17-14-19(22)18(21(24)20(17)23)13-12-16(4)10-8-9-15(2)3/h9,12,14,22-24H,5-8,10-11,13H2,1-4H3/b16-12+. The molecule has 1 rings (SSSR count). The van der Waals surface area contributed by atoms with Gasteiger partial charge in [-0.3, -0.25) is 0 Å². The van der Waals surface area contributed by atoms with Gasteiger partial charge in [-0.05, 0) is 58.9 Å². The molecule has 0 radical (unpaired) electrons. The molecule has 0 unspecified atom stereocenters. The summed E-state index contributed by atoms with van der Waals surface area (Å²) in [5.74, 6) is -0.213. The second kappa shape index (κ2) is 10.1. The maximum absolute atomic E-state index is 10.2. The Morgan fingerprint density at radius 2 is 1.71 bits per heavy atom. The van der Waals surface area contributed by atoms with E-state index < -0.39 is 0 Å². The van der Waals surface area contributed by atoms with Gasteiger partial charge in [-0.1, -0.05) is 43.1 Å². The number of phenolic OH excluding ortho intramolecular Hbond substituents is 3. The molecule has 0 amide bonds. The average molecular weight is 332 g/mol. The molecule has 0 saturated carbocycles. The zero-order valence-corrected chi connectivity index (χ0v) is 15.5. The van der Waals surface area contributed by atoms with Crippen LogP contribution in [0.25, 0.3) is 0 Å². The lowest BCUT2D eigenvalue weighted by Gasteiger charge is -2.12. The Balaban J connectivity index is 2.81. The Morgan fingerprint density at radius 3 is 2.33 bits per heavy atom. The zero-order valence-electron chi connectivity index (χ0n) is 15.5. The average Bonchev–Trinajstić information content (AvgIpc) is 2.51. The van der Waals surface area contributed by atoms with Gasteiger partial charge in [0.25, 0.3) is 0 Å². The maximum atomic E-state index is 10.2. The first kappa shape index (κ1) is 20.1. The van der Waals surface area contributed by atoms with E-state index in [2.05, 4.69) is 26.8 Å². The van der Waals surface area contributed by atoms with Crippen molar-refractivity contribution in [3.05, 3.63) is 40.5 Å². The van der Waals surface area contributed by atoms with Gasteiger partial charge in [0.1, 0.15) is 5.75 Å². The lowest BCUT2D eigenvalue weighted by molar-refractivity contribution is 0.385. The lowest BCUT2D eigenvalue weighted by Crippen LogP contribution is -1.93. The number of aryl methyl sites for hydroxylation is 1. The Kier molecular flexibility index (Phi) is 8.45. The molecule has 0 aliphatic rings. The van der Waals surface area contributed by atoms with Crippen molar-refractivity contribution in [2.75, 3.05) is 0 Å². The second-order valence-electron chi connectivity index (χ2n) is 6.76. The number of aromatic hydroxyl groups is 3. The van der Waals surface area contributed by atoms with Gasteiger partial charge in [0.15, 0.2) is 11.5 Å². The summed E-state index contributed by atoms with van der Waals surface area (Å²) >= 11 is 0. The molecule has 0 aliphatic carbocycles. The number of benzene rings is 1. The van der Waals surface area contributed by atoms with Gasteiger partial charge in [-0.25, -0.2) is 0 Å². The van der Waals surface area contributed by atoms with Gasteiger partial charge in [-0.15, -0.1) is 0 Å².